The van der Waals surface area contributed by atoms with Crippen LogP contribution in [0.25, 0.3) is 0 Å². The van der Waals surface area contributed by atoms with Gasteiger partial charge in [0.2, 0.25) is 0 Å². The van der Waals surface area contributed by atoms with Gasteiger partial charge in [-0.2, -0.15) is 5.11 Å². The number of carbonyl (C=O) groups is 1. The number of nitrogens with one attached hydrogen (secondary N) is 1. The number of allylic oxidation sites excluding steroid dienone is 1. The molecule has 0 bridgehead atoms. The number of aliphatic hydroxyl groups is 1. The fraction of sp³-hybridized carbons (Fsp3) is 0.0625. The zero-order valence-electron chi connectivity index (χ0n) is 11.8. The molecular formula is C16H14ClN3O2. The Bertz CT molecular complexity index is 723. The Labute approximate surface area is 133 Å². The number of hydrogen-bond acceptors (Lipinski definition) is 4. The third kappa shape index (κ3) is 4.43. The summed E-state index contributed by atoms with van der Waals surface area (Å²) in [6.07, 6.45) is 0. The smallest absolute Gasteiger partial charge is 0.279 e. The predicted molar refractivity (Wildman–Crippen MR) is 86.4 cm³/mol. The molecule has 0 spiro atoms. The molecule has 0 radical (unpaired) electrons. The van der Waals surface area contributed by atoms with E-state index < -0.39 is 5.91 Å². The average Bonchev–Trinajstić information content (AvgIpc) is 2.48. The summed E-state index contributed by atoms with van der Waals surface area (Å²) < 4.78 is 0. The lowest BCUT2D eigenvalue weighted by Gasteiger charge is -2.05. The number of carbonyl (C=O) groups excluding carboxylic acids is 1. The second kappa shape index (κ2) is 7.38. The van der Waals surface area contributed by atoms with Gasteiger partial charge in [0.05, 0.1) is 5.69 Å². The van der Waals surface area contributed by atoms with Gasteiger partial charge in [-0.15, -0.1) is 5.11 Å². The van der Waals surface area contributed by atoms with Crippen molar-refractivity contribution in [3.8, 4) is 0 Å². The summed E-state index contributed by atoms with van der Waals surface area (Å²) in [5, 5.41) is 20.5. The maximum absolute atomic E-state index is 12.1. The van der Waals surface area contributed by atoms with Gasteiger partial charge < -0.3 is 10.4 Å². The van der Waals surface area contributed by atoms with Gasteiger partial charge in [-0.3, -0.25) is 4.79 Å². The number of azo groups is 1. The van der Waals surface area contributed by atoms with Crippen LogP contribution in [0.3, 0.4) is 0 Å². The fourth-order valence-electron chi connectivity index (χ4n) is 1.64. The molecule has 112 valence electrons. The van der Waals surface area contributed by atoms with Crippen molar-refractivity contribution in [2.45, 2.75) is 6.92 Å². The Morgan fingerprint density at radius 3 is 2.50 bits per heavy atom. The minimum absolute atomic E-state index is 0.163. The third-order valence-corrected chi connectivity index (χ3v) is 2.90. The van der Waals surface area contributed by atoms with Crippen LogP contribution in [0.5, 0.6) is 0 Å². The monoisotopic (exact) mass is 315 g/mol. The highest BCUT2D eigenvalue weighted by atomic mass is 35.5. The van der Waals surface area contributed by atoms with Gasteiger partial charge in [-0.1, -0.05) is 35.9 Å². The van der Waals surface area contributed by atoms with E-state index in [1.165, 1.54) is 6.92 Å². The molecule has 0 aromatic heterocycles. The van der Waals surface area contributed by atoms with Gasteiger partial charge in [0, 0.05) is 10.7 Å². The quantitative estimate of drug-likeness (QED) is 0.480. The number of para-hydroxylation sites is 1. The summed E-state index contributed by atoms with van der Waals surface area (Å²) in [6.45, 7) is 1.37. The number of nitrogens with zero attached hydrogens (tertiary/aromatic N) is 2. The first-order chi connectivity index (χ1) is 10.6. The van der Waals surface area contributed by atoms with Crippen molar-refractivity contribution in [3.63, 3.8) is 0 Å². The number of anilines is 1. The van der Waals surface area contributed by atoms with Crippen LogP contribution in [0.1, 0.15) is 6.92 Å². The third-order valence-electron chi connectivity index (χ3n) is 2.66. The van der Waals surface area contributed by atoms with Gasteiger partial charge in [0.15, 0.2) is 5.70 Å². The van der Waals surface area contributed by atoms with Crippen molar-refractivity contribution >= 4 is 28.9 Å². The highest BCUT2D eigenvalue weighted by Gasteiger charge is 2.13. The molecule has 5 nitrogen and oxygen atoms in total. The SMILES string of the molecule is C/C(O)=C(/N=Nc1cccc(Cl)c1)C(=O)Nc1ccccc1. The molecule has 0 saturated heterocycles. The standard InChI is InChI=1S/C16H14ClN3O2/c1-11(21)15(16(22)18-13-7-3-2-4-8-13)20-19-14-9-5-6-12(17)10-14/h2-10,21H,1H3,(H,18,22)/b15-11-,20-19?. The molecule has 0 aliphatic heterocycles. The van der Waals surface area contributed by atoms with Gasteiger partial charge in [0.1, 0.15) is 5.76 Å². The number of hydrogen-bond donors (Lipinski definition) is 2. The molecule has 0 aliphatic rings. The Balaban J connectivity index is 2.17. The molecule has 2 aromatic rings. The van der Waals surface area contributed by atoms with Crippen LogP contribution in [0.15, 0.2) is 76.3 Å². The lowest BCUT2D eigenvalue weighted by Crippen LogP contribution is -2.14. The van der Waals surface area contributed by atoms with Crippen molar-refractivity contribution in [2.75, 3.05) is 5.32 Å². The van der Waals surface area contributed by atoms with Crippen molar-refractivity contribution < 1.29 is 9.90 Å². The van der Waals surface area contributed by atoms with Crippen LogP contribution in [0, 0.1) is 0 Å². The molecular weight excluding hydrogens is 302 g/mol. The van der Waals surface area contributed by atoms with Gasteiger partial charge >= 0.3 is 0 Å². The van der Waals surface area contributed by atoms with Gasteiger partial charge in [-0.05, 0) is 37.3 Å². The van der Waals surface area contributed by atoms with Crippen LogP contribution in [-0.2, 0) is 4.79 Å². The van der Waals surface area contributed by atoms with Crippen LogP contribution < -0.4 is 5.32 Å². The van der Waals surface area contributed by atoms with E-state index in [0.29, 0.717) is 16.4 Å². The number of amides is 1. The molecule has 0 heterocycles. The Kier molecular flexibility index (Phi) is 5.27. The second-order valence-electron chi connectivity index (χ2n) is 4.43. The van der Waals surface area contributed by atoms with E-state index >= 15 is 0 Å². The summed E-state index contributed by atoms with van der Waals surface area (Å²) in [5.41, 5.74) is 0.923. The molecule has 0 fully saturated rings. The zero-order valence-corrected chi connectivity index (χ0v) is 12.6. The predicted octanol–water partition coefficient (Wildman–Crippen LogP) is 4.85. The van der Waals surface area contributed by atoms with E-state index in [2.05, 4.69) is 15.5 Å². The lowest BCUT2D eigenvalue weighted by atomic mass is 10.3. The van der Waals surface area contributed by atoms with E-state index in [9.17, 15) is 9.90 Å². The van der Waals surface area contributed by atoms with Crippen molar-refractivity contribution in [2.24, 2.45) is 10.2 Å². The molecule has 22 heavy (non-hydrogen) atoms. The van der Waals surface area contributed by atoms with Gasteiger partial charge in [-0.25, -0.2) is 0 Å². The summed E-state index contributed by atoms with van der Waals surface area (Å²) in [6, 6.07) is 15.6. The minimum Gasteiger partial charge on any atom is -0.510 e. The molecule has 6 heteroatoms. The molecule has 0 saturated carbocycles. The van der Waals surface area contributed by atoms with Crippen molar-refractivity contribution in [3.05, 3.63) is 71.1 Å². The highest BCUT2D eigenvalue weighted by Crippen LogP contribution is 2.20. The number of aliphatic hydroxyl groups excluding tert-OH is 1. The highest BCUT2D eigenvalue weighted by molar-refractivity contribution is 6.30. The van der Waals surface area contributed by atoms with Crippen LogP contribution >= 0.6 is 11.6 Å². The van der Waals surface area contributed by atoms with Crippen LogP contribution in [-0.4, -0.2) is 11.0 Å². The lowest BCUT2D eigenvalue weighted by molar-refractivity contribution is -0.113. The molecule has 0 atom stereocenters. The van der Waals surface area contributed by atoms with Crippen molar-refractivity contribution in [1.29, 1.82) is 0 Å². The van der Waals surface area contributed by atoms with E-state index in [1.807, 2.05) is 6.07 Å². The first kappa shape index (κ1) is 15.7. The Morgan fingerprint density at radius 2 is 1.86 bits per heavy atom. The first-order valence-electron chi connectivity index (χ1n) is 6.50. The molecule has 1 amide bonds. The molecule has 2 aromatic carbocycles. The molecule has 2 N–H and O–H groups in total. The maximum Gasteiger partial charge on any atom is 0.279 e. The largest absolute Gasteiger partial charge is 0.510 e. The van der Waals surface area contributed by atoms with Crippen molar-refractivity contribution in [1.82, 2.24) is 0 Å². The van der Waals surface area contributed by atoms with E-state index in [-0.39, 0.29) is 11.5 Å². The summed E-state index contributed by atoms with van der Waals surface area (Å²) in [7, 11) is 0. The topological polar surface area (TPSA) is 74.0 Å². The second-order valence-corrected chi connectivity index (χ2v) is 4.87. The number of halogens is 1. The summed E-state index contributed by atoms with van der Waals surface area (Å²) in [5.74, 6) is -0.767. The Morgan fingerprint density at radius 1 is 1.14 bits per heavy atom. The van der Waals surface area contributed by atoms with Gasteiger partial charge in [0.25, 0.3) is 5.91 Å². The first-order valence-corrected chi connectivity index (χ1v) is 6.87. The normalized spacial score (nSPS) is 12.1. The number of rotatable bonds is 4. The molecule has 0 unspecified atom stereocenters. The molecule has 0 aliphatic carbocycles. The Hall–Kier alpha value is -2.66. The fourth-order valence-corrected chi connectivity index (χ4v) is 1.82. The molecule has 2 rings (SSSR count). The van der Waals surface area contributed by atoms with Crippen LogP contribution in [0.2, 0.25) is 5.02 Å². The summed E-state index contributed by atoms with van der Waals surface area (Å²) in [4.78, 5) is 12.1. The zero-order chi connectivity index (χ0) is 15.9. The van der Waals surface area contributed by atoms with E-state index in [1.54, 1.807) is 48.5 Å². The maximum atomic E-state index is 12.1. The van der Waals surface area contributed by atoms with E-state index in [4.69, 9.17) is 11.6 Å². The average molecular weight is 316 g/mol. The van der Waals surface area contributed by atoms with Crippen LogP contribution in [0.4, 0.5) is 11.4 Å². The number of benzene rings is 2. The minimum atomic E-state index is -0.544. The van der Waals surface area contributed by atoms with E-state index in [0.717, 1.165) is 0 Å². The summed E-state index contributed by atoms with van der Waals surface area (Å²) >= 11 is 5.85.